The Kier molecular flexibility index (Phi) is 8.74. The average molecular weight is 579 g/mol. The molecule has 0 bridgehead atoms. The summed E-state index contributed by atoms with van der Waals surface area (Å²) in [6.45, 7) is 4.88. The highest BCUT2D eigenvalue weighted by Gasteiger charge is 2.28. The maximum Gasteiger partial charge on any atom is 0.411 e. The van der Waals surface area contributed by atoms with E-state index < -0.39 is 17.9 Å². The van der Waals surface area contributed by atoms with E-state index in [1.807, 2.05) is 12.1 Å². The second-order valence-corrected chi connectivity index (χ2v) is 9.35. The van der Waals surface area contributed by atoms with Gasteiger partial charge in [0, 0.05) is 56.1 Å². The van der Waals surface area contributed by atoms with Crippen LogP contribution in [-0.2, 0) is 9.47 Å². The lowest BCUT2D eigenvalue weighted by Crippen LogP contribution is -2.48. The lowest BCUT2D eigenvalue weighted by Gasteiger charge is -2.35. The van der Waals surface area contributed by atoms with Gasteiger partial charge in [0.05, 0.1) is 12.1 Å². The highest BCUT2D eigenvalue weighted by molar-refractivity contribution is 5.98. The second-order valence-electron chi connectivity index (χ2n) is 9.35. The number of rotatable bonds is 8. The number of nitrogens with one attached hydrogen (secondary N) is 3. The van der Waals surface area contributed by atoms with Crippen molar-refractivity contribution in [3.8, 4) is 28.3 Å². The summed E-state index contributed by atoms with van der Waals surface area (Å²) in [6.07, 6.45) is 2.89. The minimum atomic E-state index is -0.502. The first-order chi connectivity index (χ1) is 20.4. The molecule has 14 heteroatoms. The third-order valence-electron chi connectivity index (χ3n) is 6.48. The van der Waals surface area contributed by atoms with Gasteiger partial charge in [0.25, 0.3) is 0 Å². The van der Waals surface area contributed by atoms with E-state index >= 15 is 0 Å². The molecule has 1 unspecified atom stereocenters. The Bertz CT molecular complexity index is 1560. The first-order valence-electron chi connectivity index (χ1n) is 13.5. The minimum Gasteiger partial charge on any atom is -0.450 e. The molecular formula is C28H31FN8O5. The predicted octanol–water partition coefficient (Wildman–Crippen LogP) is 4.36. The van der Waals surface area contributed by atoms with Crippen LogP contribution in [0.1, 0.15) is 20.3 Å². The number of hydrogen-bond acceptors (Lipinski definition) is 9. The van der Waals surface area contributed by atoms with Crippen molar-refractivity contribution in [1.29, 1.82) is 0 Å². The van der Waals surface area contributed by atoms with Crippen molar-refractivity contribution in [2.45, 2.75) is 26.5 Å². The molecule has 42 heavy (non-hydrogen) atoms. The number of carbonyl (C=O) groups excluding carboxylic acids is 2. The largest absolute Gasteiger partial charge is 0.450 e. The molecule has 13 nitrogen and oxygen atoms in total. The Morgan fingerprint density at radius 1 is 1.21 bits per heavy atom. The summed E-state index contributed by atoms with van der Waals surface area (Å²) in [4.78, 5) is 47.6. The van der Waals surface area contributed by atoms with Gasteiger partial charge in [-0.1, -0.05) is 0 Å². The van der Waals surface area contributed by atoms with Crippen LogP contribution < -0.4 is 15.5 Å². The molecule has 1 aliphatic heterocycles. The fraction of sp³-hybridized carbons (Fsp3) is 0.321. The van der Waals surface area contributed by atoms with Crippen LogP contribution in [0.15, 0.2) is 48.8 Å². The minimum absolute atomic E-state index is 0.0966. The highest BCUT2D eigenvalue weighted by atomic mass is 19.1. The molecule has 1 atom stereocenters. The molecule has 1 aliphatic rings. The normalized spacial score (nSPS) is 15.1. The number of hydroxylamine groups is 2. The molecule has 0 spiro atoms. The second kappa shape index (κ2) is 12.8. The maximum absolute atomic E-state index is 14.8. The zero-order chi connectivity index (χ0) is 29.6. The van der Waals surface area contributed by atoms with Crippen molar-refractivity contribution in [1.82, 2.24) is 35.2 Å². The van der Waals surface area contributed by atoms with E-state index in [1.165, 1.54) is 23.2 Å². The number of hydrogen-bond donors (Lipinski definition) is 3. The molecule has 220 valence electrons. The van der Waals surface area contributed by atoms with Gasteiger partial charge < -0.3 is 24.6 Å². The van der Waals surface area contributed by atoms with Gasteiger partial charge in [-0.05, 0) is 49.7 Å². The Hall–Kier alpha value is -4.82. The Morgan fingerprint density at radius 2 is 2.07 bits per heavy atom. The van der Waals surface area contributed by atoms with Crippen molar-refractivity contribution < 1.29 is 28.3 Å². The molecule has 0 aliphatic carbocycles. The molecule has 1 saturated heterocycles. The van der Waals surface area contributed by atoms with Gasteiger partial charge in [-0.2, -0.15) is 0 Å². The van der Waals surface area contributed by atoms with E-state index in [2.05, 4.69) is 30.6 Å². The molecule has 4 aromatic rings. The fourth-order valence-corrected chi connectivity index (χ4v) is 4.47. The molecule has 0 saturated carbocycles. The molecule has 3 amide bonds. The smallest absolute Gasteiger partial charge is 0.411 e. The summed E-state index contributed by atoms with van der Waals surface area (Å²) in [6, 6.07) is 9.58. The van der Waals surface area contributed by atoms with Crippen LogP contribution in [0.3, 0.4) is 0 Å². The molecule has 0 radical (unpaired) electrons. The van der Waals surface area contributed by atoms with E-state index in [0.717, 1.165) is 11.1 Å². The number of urea groups is 1. The topological polar surface area (TPSA) is 147 Å². The molecule has 4 heterocycles. The van der Waals surface area contributed by atoms with E-state index in [0.29, 0.717) is 48.6 Å². The number of halogens is 1. The highest BCUT2D eigenvalue weighted by Crippen LogP contribution is 2.34. The third kappa shape index (κ3) is 6.39. The van der Waals surface area contributed by atoms with Crippen LogP contribution in [0.25, 0.3) is 33.4 Å². The number of aromatic nitrogens is 4. The van der Waals surface area contributed by atoms with Crippen LogP contribution >= 0.6 is 0 Å². The standard InChI is InChI=1S/C28H31FN8O5/c1-4-30-27(38)35-26-33-21-14-18(13-19(25(21)34-26)24-20(29)7-6-11-31-24)17-8-9-22(32-15-17)42-36(3)23-10-12-37(16-41-23)28(39)40-5-2/h6-9,11,13-15,23H,4-5,10,12,16H2,1-3H3,(H3,30,33,34,35,38). The molecule has 3 aromatic heterocycles. The first kappa shape index (κ1) is 28.7. The van der Waals surface area contributed by atoms with Crippen molar-refractivity contribution in [2.75, 3.05) is 38.8 Å². The number of nitrogens with zero attached hydrogens (tertiary/aromatic N) is 5. The summed E-state index contributed by atoms with van der Waals surface area (Å²) in [5.74, 6) is 0.0491. The number of ether oxygens (including phenoxy) is 2. The van der Waals surface area contributed by atoms with Gasteiger partial charge in [0.1, 0.15) is 30.0 Å². The van der Waals surface area contributed by atoms with Gasteiger partial charge in [-0.15, -0.1) is 5.06 Å². The van der Waals surface area contributed by atoms with Crippen molar-refractivity contribution >= 4 is 29.1 Å². The van der Waals surface area contributed by atoms with Crippen LogP contribution in [0, 0.1) is 5.82 Å². The number of H-pyrrole nitrogens is 1. The number of fused-ring (bicyclic) bond motifs is 1. The lowest BCUT2D eigenvalue weighted by atomic mass is 10.0. The van der Waals surface area contributed by atoms with Crippen molar-refractivity contribution in [3.63, 3.8) is 0 Å². The molecular weight excluding hydrogens is 547 g/mol. The number of benzene rings is 1. The van der Waals surface area contributed by atoms with Gasteiger partial charge in [-0.3, -0.25) is 15.2 Å². The van der Waals surface area contributed by atoms with Crippen LogP contribution in [0.4, 0.5) is 19.9 Å². The summed E-state index contributed by atoms with van der Waals surface area (Å²) >= 11 is 0. The van der Waals surface area contributed by atoms with E-state index in [-0.39, 0.29) is 24.6 Å². The van der Waals surface area contributed by atoms with E-state index in [9.17, 15) is 14.0 Å². The van der Waals surface area contributed by atoms with Crippen molar-refractivity contribution in [3.05, 3.63) is 54.6 Å². The van der Waals surface area contributed by atoms with Crippen LogP contribution in [-0.4, -0.2) is 81.7 Å². The monoisotopic (exact) mass is 578 g/mol. The fourth-order valence-electron chi connectivity index (χ4n) is 4.47. The molecule has 1 aromatic carbocycles. The lowest BCUT2D eigenvalue weighted by molar-refractivity contribution is -0.213. The zero-order valence-corrected chi connectivity index (χ0v) is 23.4. The van der Waals surface area contributed by atoms with Gasteiger partial charge in [-0.25, -0.2) is 23.9 Å². The Morgan fingerprint density at radius 3 is 2.76 bits per heavy atom. The van der Waals surface area contributed by atoms with E-state index in [1.54, 1.807) is 44.3 Å². The zero-order valence-electron chi connectivity index (χ0n) is 23.4. The average Bonchev–Trinajstić information content (AvgIpc) is 3.40. The Labute approximate surface area is 241 Å². The van der Waals surface area contributed by atoms with E-state index in [4.69, 9.17) is 14.3 Å². The van der Waals surface area contributed by atoms with Crippen LogP contribution in [0.5, 0.6) is 5.88 Å². The summed E-state index contributed by atoms with van der Waals surface area (Å²) < 4.78 is 25.6. The van der Waals surface area contributed by atoms with Gasteiger partial charge in [0.2, 0.25) is 11.8 Å². The summed E-state index contributed by atoms with van der Waals surface area (Å²) in [5, 5.41) is 6.85. The number of imidazole rings is 1. The van der Waals surface area contributed by atoms with Gasteiger partial charge in [0.15, 0.2) is 0 Å². The third-order valence-corrected chi connectivity index (χ3v) is 6.48. The summed E-state index contributed by atoms with van der Waals surface area (Å²) in [7, 11) is 1.73. The number of pyridine rings is 2. The quantitative estimate of drug-likeness (QED) is 0.260. The number of amides is 3. The summed E-state index contributed by atoms with van der Waals surface area (Å²) in [5.41, 5.74) is 3.06. The molecule has 1 fully saturated rings. The SMILES string of the molecule is CCNC(=O)Nc1nc2c(-c3ncccc3F)cc(-c3ccc(ON(C)C4CCN(C(=O)OCC)CO4)nc3)cc2[nH]1. The number of aromatic amines is 1. The number of carbonyl (C=O) groups is 2. The Balaban J connectivity index is 1.35. The molecule has 3 N–H and O–H groups in total. The number of anilines is 1. The van der Waals surface area contributed by atoms with Crippen molar-refractivity contribution in [2.24, 2.45) is 0 Å². The van der Waals surface area contributed by atoms with Crippen LogP contribution in [0.2, 0.25) is 0 Å². The van der Waals surface area contributed by atoms with Gasteiger partial charge >= 0.3 is 12.1 Å². The maximum atomic E-state index is 14.8. The first-order valence-corrected chi connectivity index (χ1v) is 13.5. The molecule has 5 rings (SSSR count). The predicted molar refractivity (Wildman–Crippen MR) is 152 cm³/mol.